The molecule has 0 unspecified atom stereocenters. The van der Waals surface area contributed by atoms with Crippen LogP contribution in [0, 0.1) is 11.6 Å². The Balaban J connectivity index is 1.51. The molecule has 200 valence electrons. The fourth-order valence-corrected chi connectivity index (χ4v) is 5.11. The van der Waals surface area contributed by atoms with E-state index in [1.807, 2.05) is 10.8 Å². The number of hydrogen-bond acceptors (Lipinski definition) is 5. The molecule has 0 aliphatic carbocycles. The second-order valence-electron chi connectivity index (χ2n) is 9.82. The maximum absolute atomic E-state index is 15.0. The van der Waals surface area contributed by atoms with Crippen LogP contribution in [0.2, 0.25) is 25.7 Å². The standard InChI is InChI=1S/C27H28BrF2N3O4Si/c1-35-22-7-5-6-19(29)25(22)27(34)32-17-8-9-21(20(30)14-17)37-23-10-11-31-26-24(23)18(28)15-33(26)16-36-12-13-38(2,3)4/h5-11,14-15H,12-13,16H2,1-4H3,(H,32,34). The number of ether oxygens (including phenoxy) is 3. The highest BCUT2D eigenvalue weighted by Crippen LogP contribution is 2.36. The van der Waals surface area contributed by atoms with Gasteiger partial charge in [0.15, 0.2) is 11.6 Å². The quantitative estimate of drug-likeness (QED) is 0.150. The van der Waals surface area contributed by atoms with Crippen LogP contribution in [0.25, 0.3) is 11.0 Å². The molecule has 0 saturated heterocycles. The third-order valence-corrected chi connectivity index (χ3v) is 8.04. The summed E-state index contributed by atoms with van der Waals surface area (Å²) in [6.45, 7) is 7.88. The zero-order chi connectivity index (χ0) is 27.4. The third kappa shape index (κ3) is 6.40. The normalized spacial score (nSPS) is 11.6. The zero-order valence-electron chi connectivity index (χ0n) is 21.5. The first kappa shape index (κ1) is 27.7. The van der Waals surface area contributed by atoms with E-state index in [1.54, 1.807) is 12.3 Å². The number of anilines is 1. The molecule has 0 aliphatic rings. The number of hydrogen-bond donors (Lipinski definition) is 1. The summed E-state index contributed by atoms with van der Waals surface area (Å²) in [7, 11) is 0.136. The van der Waals surface area contributed by atoms with Gasteiger partial charge in [0, 0.05) is 43.3 Å². The van der Waals surface area contributed by atoms with Crippen molar-refractivity contribution in [3.05, 3.63) is 76.5 Å². The topological polar surface area (TPSA) is 74.6 Å². The molecule has 7 nitrogen and oxygen atoms in total. The molecule has 11 heteroatoms. The number of nitrogens with one attached hydrogen (secondary N) is 1. The molecule has 1 N–H and O–H groups in total. The summed E-state index contributed by atoms with van der Waals surface area (Å²) in [5.41, 5.74) is 0.493. The Hall–Kier alpha value is -3.28. The molecule has 4 rings (SSSR count). The van der Waals surface area contributed by atoms with Crippen molar-refractivity contribution in [1.29, 1.82) is 0 Å². The fourth-order valence-electron chi connectivity index (χ4n) is 3.73. The number of halogens is 3. The summed E-state index contributed by atoms with van der Waals surface area (Å²) in [5, 5.41) is 3.17. The van der Waals surface area contributed by atoms with Crippen molar-refractivity contribution in [2.24, 2.45) is 0 Å². The van der Waals surface area contributed by atoms with Crippen LogP contribution in [-0.2, 0) is 11.5 Å². The Kier molecular flexibility index (Phi) is 8.49. The minimum absolute atomic E-state index is 0.0509. The molecule has 0 aliphatic heterocycles. The number of carbonyl (C=O) groups is 1. The van der Waals surface area contributed by atoms with Gasteiger partial charge in [-0.1, -0.05) is 25.7 Å². The van der Waals surface area contributed by atoms with E-state index < -0.39 is 25.6 Å². The Bertz CT molecular complexity index is 1470. The highest BCUT2D eigenvalue weighted by atomic mass is 79.9. The lowest BCUT2D eigenvalue weighted by atomic mass is 10.1. The van der Waals surface area contributed by atoms with E-state index in [9.17, 15) is 13.6 Å². The van der Waals surface area contributed by atoms with E-state index in [-0.39, 0.29) is 22.7 Å². The number of rotatable bonds is 10. The van der Waals surface area contributed by atoms with Crippen molar-refractivity contribution in [2.45, 2.75) is 32.4 Å². The van der Waals surface area contributed by atoms with Crippen LogP contribution in [0.15, 0.2) is 59.3 Å². The van der Waals surface area contributed by atoms with Gasteiger partial charge in [-0.3, -0.25) is 4.79 Å². The van der Waals surface area contributed by atoms with E-state index in [1.165, 1.54) is 31.4 Å². The maximum atomic E-state index is 15.0. The summed E-state index contributed by atoms with van der Waals surface area (Å²) in [4.78, 5) is 17.1. The Labute approximate surface area is 228 Å². The number of benzene rings is 2. The summed E-state index contributed by atoms with van der Waals surface area (Å²) in [5.74, 6) is -1.80. The van der Waals surface area contributed by atoms with Crippen LogP contribution in [0.1, 0.15) is 10.4 Å². The summed E-state index contributed by atoms with van der Waals surface area (Å²) < 4.78 is 48.6. The first-order chi connectivity index (χ1) is 18.1. The second-order valence-corrected chi connectivity index (χ2v) is 16.3. The van der Waals surface area contributed by atoms with Gasteiger partial charge in [0.2, 0.25) is 0 Å². The van der Waals surface area contributed by atoms with Gasteiger partial charge in [-0.05, 0) is 52.3 Å². The predicted octanol–water partition coefficient (Wildman–Crippen LogP) is 7.44. The zero-order valence-corrected chi connectivity index (χ0v) is 24.1. The van der Waals surface area contributed by atoms with Crippen LogP contribution in [0.4, 0.5) is 14.5 Å². The molecular formula is C27H28BrF2N3O4Si. The van der Waals surface area contributed by atoms with Crippen molar-refractivity contribution in [3.63, 3.8) is 0 Å². The molecule has 2 aromatic heterocycles. The van der Waals surface area contributed by atoms with Gasteiger partial charge in [0.05, 0.1) is 12.5 Å². The van der Waals surface area contributed by atoms with Crippen LogP contribution in [-0.4, -0.2) is 37.2 Å². The Morgan fingerprint density at radius 3 is 2.58 bits per heavy atom. The van der Waals surface area contributed by atoms with Gasteiger partial charge in [-0.2, -0.15) is 0 Å². The number of carbonyl (C=O) groups excluding carboxylic acids is 1. The average Bonchev–Trinajstić information content (AvgIpc) is 3.18. The molecule has 0 bridgehead atoms. The van der Waals surface area contributed by atoms with Crippen molar-refractivity contribution >= 4 is 46.6 Å². The van der Waals surface area contributed by atoms with E-state index in [4.69, 9.17) is 14.2 Å². The number of fused-ring (bicyclic) bond motifs is 1. The first-order valence-corrected chi connectivity index (χ1v) is 16.4. The van der Waals surface area contributed by atoms with E-state index >= 15 is 0 Å². The molecule has 0 fully saturated rings. The third-order valence-electron chi connectivity index (χ3n) is 5.73. The molecule has 0 spiro atoms. The summed E-state index contributed by atoms with van der Waals surface area (Å²) in [6.07, 6.45) is 3.43. The highest BCUT2D eigenvalue weighted by molar-refractivity contribution is 9.10. The second kappa shape index (κ2) is 11.6. The fraction of sp³-hybridized carbons (Fsp3) is 0.259. The van der Waals surface area contributed by atoms with Crippen molar-refractivity contribution in [1.82, 2.24) is 9.55 Å². The molecule has 0 atom stereocenters. The Morgan fingerprint density at radius 1 is 1.08 bits per heavy atom. The van der Waals surface area contributed by atoms with Gasteiger partial charge < -0.3 is 24.1 Å². The van der Waals surface area contributed by atoms with Crippen molar-refractivity contribution < 1.29 is 27.8 Å². The lowest BCUT2D eigenvalue weighted by Gasteiger charge is -2.15. The van der Waals surface area contributed by atoms with Gasteiger partial charge >= 0.3 is 0 Å². The lowest BCUT2D eigenvalue weighted by molar-refractivity contribution is 0.0898. The van der Waals surface area contributed by atoms with E-state index in [0.29, 0.717) is 30.1 Å². The number of aromatic nitrogens is 2. The highest BCUT2D eigenvalue weighted by Gasteiger charge is 2.20. The maximum Gasteiger partial charge on any atom is 0.262 e. The van der Waals surface area contributed by atoms with E-state index in [0.717, 1.165) is 22.6 Å². The van der Waals surface area contributed by atoms with Crippen LogP contribution in [0.5, 0.6) is 17.2 Å². The van der Waals surface area contributed by atoms with Crippen LogP contribution < -0.4 is 14.8 Å². The van der Waals surface area contributed by atoms with Gasteiger partial charge in [-0.25, -0.2) is 13.8 Å². The molecule has 2 aromatic carbocycles. The summed E-state index contributed by atoms with van der Waals surface area (Å²) in [6, 6.07) is 10.7. The van der Waals surface area contributed by atoms with Crippen LogP contribution >= 0.6 is 15.9 Å². The van der Waals surface area contributed by atoms with E-state index in [2.05, 4.69) is 45.9 Å². The molecule has 38 heavy (non-hydrogen) atoms. The number of methoxy groups -OCH3 is 1. The van der Waals surface area contributed by atoms with Gasteiger partial charge in [0.25, 0.3) is 5.91 Å². The Morgan fingerprint density at radius 2 is 1.87 bits per heavy atom. The molecule has 0 radical (unpaired) electrons. The van der Waals surface area contributed by atoms with Crippen LogP contribution in [0.3, 0.4) is 0 Å². The number of pyridine rings is 1. The summed E-state index contributed by atoms with van der Waals surface area (Å²) >= 11 is 3.55. The monoisotopic (exact) mass is 603 g/mol. The van der Waals surface area contributed by atoms with Gasteiger partial charge in [-0.15, -0.1) is 0 Å². The lowest BCUT2D eigenvalue weighted by Crippen LogP contribution is -2.22. The van der Waals surface area contributed by atoms with Crippen molar-refractivity contribution in [3.8, 4) is 17.2 Å². The average molecular weight is 605 g/mol. The molecule has 1 amide bonds. The van der Waals surface area contributed by atoms with Gasteiger partial charge in [0.1, 0.15) is 35.3 Å². The van der Waals surface area contributed by atoms with Crippen molar-refractivity contribution in [2.75, 3.05) is 19.0 Å². The molecule has 2 heterocycles. The first-order valence-electron chi connectivity index (χ1n) is 11.9. The largest absolute Gasteiger partial charge is 0.496 e. The molecule has 0 saturated carbocycles. The molecule has 4 aromatic rings. The smallest absolute Gasteiger partial charge is 0.262 e. The minimum atomic E-state index is -1.20. The predicted molar refractivity (Wildman–Crippen MR) is 149 cm³/mol. The number of amides is 1. The minimum Gasteiger partial charge on any atom is -0.496 e. The SMILES string of the molecule is COc1cccc(F)c1C(=O)Nc1ccc(Oc2ccnc3c2c(Br)cn3COCC[Si](C)(C)C)c(F)c1. The number of nitrogens with zero attached hydrogens (tertiary/aromatic N) is 2. The molecular weight excluding hydrogens is 576 g/mol.